The summed E-state index contributed by atoms with van der Waals surface area (Å²) in [5, 5.41) is 13.7. The number of rotatable bonds is 12. The van der Waals surface area contributed by atoms with E-state index < -0.39 is 0 Å². The van der Waals surface area contributed by atoms with Gasteiger partial charge in [0.1, 0.15) is 0 Å². The minimum atomic E-state index is -0.110. The first-order valence-corrected chi connectivity index (χ1v) is 19.7. The second kappa shape index (κ2) is 17.4. The van der Waals surface area contributed by atoms with E-state index in [0.29, 0.717) is 37.4 Å². The van der Waals surface area contributed by atoms with Crippen molar-refractivity contribution in [3.63, 3.8) is 0 Å². The van der Waals surface area contributed by atoms with Gasteiger partial charge in [0.25, 0.3) is 0 Å². The maximum Gasteiger partial charge on any atom is 0.226 e. The molecule has 0 aromatic heterocycles. The van der Waals surface area contributed by atoms with Crippen LogP contribution in [-0.2, 0) is 19.2 Å². The summed E-state index contributed by atoms with van der Waals surface area (Å²) < 4.78 is 0. The summed E-state index contributed by atoms with van der Waals surface area (Å²) in [6.07, 6.45) is 7.53. The zero-order chi connectivity index (χ0) is 37.5. The van der Waals surface area contributed by atoms with Gasteiger partial charge in [0.15, 0.2) is 0 Å². The lowest BCUT2D eigenvalue weighted by Crippen LogP contribution is -2.48. The lowest BCUT2D eigenvalue weighted by Gasteiger charge is -2.41. The van der Waals surface area contributed by atoms with Crippen molar-refractivity contribution in [3.05, 3.63) is 83.9 Å². The smallest absolute Gasteiger partial charge is 0.226 e. The molecule has 1 fully saturated rings. The van der Waals surface area contributed by atoms with E-state index in [2.05, 4.69) is 59.4 Å². The van der Waals surface area contributed by atoms with Crippen molar-refractivity contribution in [3.8, 4) is 0 Å². The molecule has 4 atom stereocenters. The Kier molecular flexibility index (Phi) is 12.5. The van der Waals surface area contributed by atoms with Crippen molar-refractivity contribution < 1.29 is 19.2 Å². The van der Waals surface area contributed by atoms with Gasteiger partial charge in [-0.3, -0.25) is 19.2 Å². The van der Waals surface area contributed by atoms with Gasteiger partial charge in [-0.25, -0.2) is 0 Å². The minimum Gasteiger partial charge on any atom is -0.378 e. The maximum atomic E-state index is 12.8. The molecule has 0 bridgehead atoms. The Bertz CT molecular complexity index is 1750. The molecule has 0 radical (unpaired) electrons. The molecule has 10 heteroatoms. The summed E-state index contributed by atoms with van der Waals surface area (Å²) in [6.45, 7) is 8.04. The van der Waals surface area contributed by atoms with E-state index in [1.807, 2.05) is 72.2 Å². The van der Waals surface area contributed by atoms with Crippen LogP contribution in [0.25, 0.3) is 0 Å². The van der Waals surface area contributed by atoms with Gasteiger partial charge in [-0.1, -0.05) is 50.2 Å². The average Bonchev–Trinajstić information content (AvgIpc) is 3.16. The first-order valence-electron chi connectivity index (χ1n) is 19.7. The molecule has 282 valence electrons. The number of nitrogens with one attached hydrogen (secondary N) is 4. The Labute approximate surface area is 314 Å². The molecule has 0 spiro atoms. The molecule has 4 N–H and O–H groups in total. The molecule has 3 aromatic carbocycles. The van der Waals surface area contributed by atoms with Crippen LogP contribution in [0.1, 0.15) is 122 Å². The van der Waals surface area contributed by atoms with Gasteiger partial charge in [-0.05, 0) is 106 Å². The van der Waals surface area contributed by atoms with Crippen molar-refractivity contribution >= 4 is 46.4 Å². The van der Waals surface area contributed by atoms with Gasteiger partial charge in [-0.2, -0.15) is 0 Å². The van der Waals surface area contributed by atoms with Crippen LogP contribution >= 0.6 is 0 Å². The van der Waals surface area contributed by atoms with Crippen LogP contribution in [0.15, 0.2) is 72.8 Å². The molecule has 2 aliphatic heterocycles. The molecule has 10 nitrogen and oxygen atoms in total. The van der Waals surface area contributed by atoms with Crippen LogP contribution < -0.4 is 31.1 Å². The molecule has 53 heavy (non-hydrogen) atoms. The van der Waals surface area contributed by atoms with Gasteiger partial charge in [0.2, 0.25) is 23.6 Å². The molecule has 6 rings (SSSR count). The number of para-hydroxylation sites is 2. The molecule has 1 aliphatic carbocycles. The van der Waals surface area contributed by atoms with Crippen LogP contribution in [0.5, 0.6) is 0 Å². The van der Waals surface area contributed by atoms with E-state index in [1.54, 1.807) is 0 Å². The number of carbonyl (C=O) groups is 4. The SMILES string of the molecule is CCC(=O)N1c2ccccc2[C@H](Nc2ccc(NC(=O)CCCC(=O)NC3CCC(N[C@@H]4C[C@H](C)N(C(=O)CC)c5ccccc54)CC3)cc2)C[C@@H]1C. The van der Waals surface area contributed by atoms with E-state index in [1.165, 1.54) is 5.56 Å². The number of nitrogens with zero attached hydrogens (tertiary/aromatic N) is 2. The van der Waals surface area contributed by atoms with E-state index in [9.17, 15) is 19.2 Å². The fourth-order valence-corrected chi connectivity index (χ4v) is 8.49. The molecule has 0 unspecified atom stereocenters. The van der Waals surface area contributed by atoms with E-state index in [-0.39, 0.29) is 60.3 Å². The Hall–Kier alpha value is -4.70. The number of carbonyl (C=O) groups excluding carboxylic acids is 4. The van der Waals surface area contributed by atoms with Gasteiger partial charge in [-0.15, -0.1) is 0 Å². The number of hydrogen-bond donors (Lipinski definition) is 4. The number of fused-ring (bicyclic) bond motifs is 2. The quantitative estimate of drug-likeness (QED) is 0.152. The Morgan fingerprint density at radius 1 is 0.623 bits per heavy atom. The second-order valence-electron chi connectivity index (χ2n) is 15.0. The van der Waals surface area contributed by atoms with Gasteiger partial charge in [0, 0.05) is 78.6 Å². The van der Waals surface area contributed by atoms with Gasteiger partial charge >= 0.3 is 0 Å². The highest BCUT2D eigenvalue weighted by molar-refractivity contribution is 5.96. The van der Waals surface area contributed by atoms with Crippen molar-refractivity contribution in [2.24, 2.45) is 0 Å². The molecule has 1 saturated carbocycles. The van der Waals surface area contributed by atoms with E-state index >= 15 is 0 Å². The lowest BCUT2D eigenvalue weighted by molar-refractivity contribution is -0.122. The summed E-state index contributed by atoms with van der Waals surface area (Å²) in [5.74, 6) is 0.187. The van der Waals surface area contributed by atoms with Crippen molar-refractivity contribution in [2.75, 3.05) is 20.4 Å². The largest absolute Gasteiger partial charge is 0.378 e. The highest BCUT2D eigenvalue weighted by atomic mass is 16.2. The number of benzene rings is 3. The molecule has 4 amide bonds. The topological polar surface area (TPSA) is 123 Å². The van der Waals surface area contributed by atoms with Crippen molar-refractivity contribution in [1.29, 1.82) is 0 Å². The minimum absolute atomic E-state index is 0.00105. The third-order valence-electron chi connectivity index (χ3n) is 11.2. The predicted molar refractivity (Wildman–Crippen MR) is 212 cm³/mol. The van der Waals surface area contributed by atoms with Crippen LogP contribution in [0.4, 0.5) is 22.7 Å². The van der Waals surface area contributed by atoms with Crippen LogP contribution in [0, 0.1) is 0 Å². The molecular formula is C43H56N6O4. The van der Waals surface area contributed by atoms with Gasteiger partial charge in [0.05, 0.1) is 6.04 Å². The van der Waals surface area contributed by atoms with E-state index in [4.69, 9.17) is 0 Å². The Balaban J connectivity index is 0.902. The van der Waals surface area contributed by atoms with Crippen molar-refractivity contribution in [1.82, 2.24) is 10.6 Å². The first kappa shape index (κ1) is 38.0. The highest BCUT2D eigenvalue weighted by Crippen LogP contribution is 2.40. The highest BCUT2D eigenvalue weighted by Gasteiger charge is 2.35. The molecule has 2 heterocycles. The first-order chi connectivity index (χ1) is 25.6. The average molecular weight is 721 g/mol. The fraction of sp³-hybridized carbons (Fsp3) is 0.488. The van der Waals surface area contributed by atoms with Crippen LogP contribution in [0.3, 0.4) is 0 Å². The zero-order valence-corrected chi connectivity index (χ0v) is 31.7. The maximum absolute atomic E-state index is 12.8. The summed E-state index contributed by atoms with van der Waals surface area (Å²) in [7, 11) is 0. The Morgan fingerprint density at radius 2 is 1.11 bits per heavy atom. The monoisotopic (exact) mass is 720 g/mol. The summed E-state index contributed by atoms with van der Waals surface area (Å²) in [5.41, 5.74) is 5.93. The summed E-state index contributed by atoms with van der Waals surface area (Å²) in [6, 6.07) is 25.0. The third kappa shape index (κ3) is 9.10. The zero-order valence-electron chi connectivity index (χ0n) is 31.7. The molecule has 3 aliphatic rings. The molecular weight excluding hydrogens is 665 g/mol. The second-order valence-corrected chi connectivity index (χ2v) is 15.0. The molecule has 0 saturated heterocycles. The fourth-order valence-electron chi connectivity index (χ4n) is 8.49. The van der Waals surface area contributed by atoms with E-state index in [0.717, 1.165) is 61.2 Å². The van der Waals surface area contributed by atoms with Gasteiger partial charge < -0.3 is 31.1 Å². The standard InChI is InChI=1S/C43H56N6O4/c1-5-42(52)48-28(3)26-36(34-12-7-9-14-38(34)48)44-30-18-22-32(23-19-30)46-40(50)16-11-17-41(51)47-33-24-20-31(21-25-33)45-37-27-29(4)49(43(53)6-2)39-15-10-8-13-35(37)39/h7-10,12-15,18-19,22-23,28-29,31,33,36-37,44-45H,5-6,11,16-17,20-21,24-27H2,1-4H3,(H,46,50)(H,47,51)/t28-,29-,31?,33?,36+,37+/m0/s1. The molecule has 3 aromatic rings. The number of anilines is 4. The number of amides is 4. The van der Waals surface area contributed by atoms with Crippen LogP contribution in [0.2, 0.25) is 0 Å². The third-order valence-corrected chi connectivity index (χ3v) is 11.2. The summed E-state index contributed by atoms with van der Waals surface area (Å²) >= 11 is 0. The lowest BCUT2D eigenvalue weighted by atomic mass is 9.87. The van der Waals surface area contributed by atoms with Crippen LogP contribution in [-0.4, -0.2) is 47.8 Å². The Morgan fingerprint density at radius 3 is 1.70 bits per heavy atom. The summed E-state index contributed by atoms with van der Waals surface area (Å²) in [4.78, 5) is 54.8. The number of hydrogen-bond acceptors (Lipinski definition) is 6. The normalized spacial score (nSPS) is 23.7. The van der Waals surface area contributed by atoms with Crippen molar-refractivity contribution in [2.45, 2.75) is 135 Å². The predicted octanol–water partition coefficient (Wildman–Crippen LogP) is 7.78.